The topological polar surface area (TPSA) is 79.2 Å². The summed E-state index contributed by atoms with van der Waals surface area (Å²) < 4.78 is 31.1. The van der Waals surface area contributed by atoms with Crippen molar-refractivity contribution in [3.8, 4) is 6.07 Å². The molecule has 0 spiro atoms. The van der Waals surface area contributed by atoms with Gasteiger partial charge in [-0.2, -0.15) is 5.26 Å². The van der Waals surface area contributed by atoms with E-state index in [0.29, 0.717) is 5.56 Å². The Morgan fingerprint density at radius 1 is 1.53 bits per heavy atom. The van der Waals surface area contributed by atoms with Crippen LogP contribution in [0.2, 0.25) is 0 Å². The molecule has 17 heavy (non-hydrogen) atoms. The number of sulfonamides is 1. The molecule has 0 heterocycles. The second kappa shape index (κ2) is 5.77. The fraction of sp³-hybridized carbons (Fsp3) is 0.364. The molecule has 0 aliphatic carbocycles. The van der Waals surface area contributed by atoms with Crippen molar-refractivity contribution in [2.75, 3.05) is 13.7 Å². The summed E-state index contributed by atoms with van der Waals surface area (Å²) in [4.78, 5) is 0.0832. The van der Waals surface area contributed by atoms with Crippen molar-refractivity contribution < 1.29 is 13.2 Å². The number of hydrogen-bond donors (Lipinski definition) is 1. The fourth-order valence-corrected chi connectivity index (χ4v) is 2.29. The molecule has 1 rings (SSSR count). The highest BCUT2D eigenvalue weighted by atomic mass is 32.2. The average molecular weight is 254 g/mol. The highest BCUT2D eigenvalue weighted by Gasteiger charge is 2.15. The molecule has 92 valence electrons. The smallest absolute Gasteiger partial charge is 0.240 e. The zero-order valence-electron chi connectivity index (χ0n) is 9.67. The Morgan fingerprint density at radius 3 is 2.82 bits per heavy atom. The van der Waals surface area contributed by atoms with Gasteiger partial charge in [-0.25, -0.2) is 13.1 Å². The van der Waals surface area contributed by atoms with Crippen LogP contribution in [0.4, 0.5) is 0 Å². The second-order valence-electron chi connectivity index (χ2n) is 3.54. The van der Waals surface area contributed by atoms with E-state index in [2.05, 4.69) is 4.72 Å². The van der Waals surface area contributed by atoms with Crippen LogP contribution in [0.1, 0.15) is 12.5 Å². The third-order valence-corrected chi connectivity index (χ3v) is 3.66. The Morgan fingerprint density at radius 2 is 2.24 bits per heavy atom. The van der Waals surface area contributed by atoms with Gasteiger partial charge in [-0.15, -0.1) is 0 Å². The van der Waals surface area contributed by atoms with E-state index < -0.39 is 10.0 Å². The van der Waals surface area contributed by atoms with Crippen molar-refractivity contribution in [2.45, 2.75) is 17.9 Å². The zero-order valence-corrected chi connectivity index (χ0v) is 10.5. The van der Waals surface area contributed by atoms with Crippen LogP contribution in [0.15, 0.2) is 29.2 Å². The summed E-state index contributed by atoms with van der Waals surface area (Å²) in [5.41, 5.74) is 0.313. The third-order valence-electron chi connectivity index (χ3n) is 2.24. The van der Waals surface area contributed by atoms with Crippen LogP contribution in [0.25, 0.3) is 0 Å². The minimum atomic E-state index is -3.58. The van der Waals surface area contributed by atoms with Gasteiger partial charge in [0.15, 0.2) is 0 Å². The van der Waals surface area contributed by atoms with E-state index in [0.717, 1.165) is 0 Å². The maximum Gasteiger partial charge on any atom is 0.240 e. The summed E-state index contributed by atoms with van der Waals surface area (Å²) in [5, 5.41) is 8.70. The number of ether oxygens (including phenoxy) is 1. The molecule has 0 aliphatic heterocycles. The van der Waals surface area contributed by atoms with Gasteiger partial charge < -0.3 is 4.74 Å². The largest absolute Gasteiger partial charge is 0.380 e. The van der Waals surface area contributed by atoms with Crippen LogP contribution in [0.3, 0.4) is 0 Å². The summed E-state index contributed by atoms with van der Waals surface area (Å²) in [5.74, 6) is 0. The van der Waals surface area contributed by atoms with Gasteiger partial charge in [0.2, 0.25) is 10.0 Å². The van der Waals surface area contributed by atoms with Crippen molar-refractivity contribution in [3.05, 3.63) is 29.8 Å². The van der Waals surface area contributed by atoms with Gasteiger partial charge in [0.1, 0.15) is 0 Å². The first kappa shape index (κ1) is 13.6. The first-order chi connectivity index (χ1) is 7.99. The highest BCUT2D eigenvalue weighted by molar-refractivity contribution is 7.89. The number of nitriles is 1. The summed E-state index contributed by atoms with van der Waals surface area (Å²) >= 11 is 0. The van der Waals surface area contributed by atoms with Gasteiger partial charge in [0.05, 0.1) is 22.6 Å². The molecule has 0 amide bonds. The van der Waals surface area contributed by atoms with Crippen LogP contribution in [0, 0.1) is 11.3 Å². The molecule has 1 N–H and O–H groups in total. The van der Waals surface area contributed by atoms with Crippen LogP contribution < -0.4 is 4.72 Å². The van der Waals surface area contributed by atoms with Crippen molar-refractivity contribution in [2.24, 2.45) is 0 Å². The molecule has 0 fully saturated rings. The van der Waals surface area contributed by atoms with Crippen LogP contribution in [0.5, 0.6) is 0 Å². The van der Waals surface area contributed by atoms with E-state index in [9.17, 15) is 8.42 Å². The summed E-state index contributed by atoms with van der Waals surface area (Å²) in [6.45, 7) is 1.95. The predicted octanol–water partition coefficient (Wildman–Crippen LogP) is 0.871. The normalized spacial score (nSPS) is 13.0. The van der Waals surface area contributed by atoms with Gasteiger partial charge in [0, 0.05) is 13.7 Å². The van der Waals surface area contributed by atoms with Crippen molar-refractivity contribution >= 4 is 10.0 Å². The van der Waals surface area contributed by atoms with Crippen LogP contribution in [-0.2, 0) is 14.8 Å². The molecule has 0 radical (unpaired) electrons. The standard InChI is InChI=1S/C11H14N2O3S/c1-9(16-2)8-13-17(14,15)11-5-3-4-10(6-11)7-12/h3-6,9,13H,8H2,1-2H3. The van der Waals surface area contributed by atoms with Crippen LogP contribution in [-0.4, -0.2) is 28.2 Å². The lowest BCUT2D eigenvalue weighted by molar-refractivity contribution is 0.122. The average Bonchev–Trinajstić information content (AvgIpc) is 2.36. The monoisotopic (exact) mass is 254 g/mol. The maximum absolute atomic E-state index is 11.8. The minimum Gasteiger partial charge on any atom is -0.380 e. The molecule has 0 aliphatic rings. The van der Waals surface area contributed by atoms with Gasteiger partial charge >= 0.3 is 0 Å². The quantitative estimate of drug-likeness (QED) is 0.845. The number of hydrogen-bond acceptors (Lipinski definition) is 4. The Hall–Kier alpha value is -1.42. The summed E-state index contributed by atoms with van der Waals surface area (Å²) in [7, 11) is -2.07. The molecule has 5 nitrogen and oxygen atoms in total. The van der Waals surface area contributed by atoms with E-state index in [1.807, 2.05) is 6.07 Å². The summed E-state index contributed by atoms with van der Waals surface area (Å²) in [6.07, 6.45) is -0.205. The fourth-order valence-electron chi connectivity index (χ4n) is 1.13. The van der Waals surface area contributed by atoms with Crippen LogP contribution >= 0.6 is 0 Å². The molecular weight excluding hydrogens is 240 g/mol. The van der Waals surface area contributed by atoms with Gasteiger partial charge in [0.25, 0.3) is 0 Å². The lowest BCUT2D eigenvalue weighted by atomic mass is 10.2. The molecule has 1 aromatic carbocycles. The molecule has 6 heteroatoms. The molecule has 0 bridgehead atoms. The first-order valence-electron chi connectivity index (χ1n) is 5.02. The second-order valence-corrected chi connectivity index (χ2v) is 5.30. The van der Waals surface area contributed by atoms with Gasteiger partial charge in [-0.3, -0.25) is 0 Å². The number of methoxy groups -OCH3 is 1. The Bertz CT molecular complexity index is 520. The minimum absolute atomic E-state index is 0.0832. The molecular formula is C11H14N2O3S. The van der Waals surface area contributed by atoms with E-state index in [-0.39, 0.29) is 17.5 Å². The van der Waals surface area contributed by atoms with E-state index in [4.69, 9.17) is 10.00 Å². The lowest BCUT2D eigenvalue weighted by Crippen LogP contribution is -2.31. The van der Waals surface area contributed by atoms with E-state index >= 15 is 0 Å². The highest BCUT2D eigenvalue weighted by Crippen LogP contribution is 2.10. The third kappa shape index (κ3) is 3.82. The van der Waals surface area contributed by atoms with Gasteiger partial charge in [-0.05, 0) is 25.1 Å². The molecule has 0 saturated carbocycles. The van der Waals surface area contributed by atoms with E-state index in [1.165, 1.54) is 25.3 Å². The Kier molecular flexibility index (Phi) is 4.63. The maximum atomic E-state index is 11.8. The first-order valence-corrected chi connectivity index (χ1v) is 6.50. The molecule has 1 aromatic rings. The molecule has 1 atom stereocenters. The zero-order chi connectivity index (χ0) is 12.9. The Balaban J connectivity index is 2.86. The number of nitrogens with one attached hydrogen (secondary N) is 1. The molecule has 0 aromatic heterocycles. The number of rotatable bonds is 5. The molecule has 0 saturated heterocycles. The van der Waals surface area contributed by atoms with Crippen molar-refractivity contribution in [1.29, 1.82) is 5.26 Å². The SMILES string of the molecule is COC(C)CNS(=O)(=O)c1cccc(C#N)c1. The summed E-state index contributed by atoms with van der Waals surface area (Å²) in [6, 6.07) is 7.76. The van der Waals surface area contributed by atoms with Crippen molar-refractivity contribution in [1.82, 2.24) is 4.72 Å². The number of nitrogens with zero attached hydrogens (tertiary/aromatic N) is 1. The van der Waals surface area contributed by atoms with E-state index in [1.54, 1.807) is 13.0 Å². The Labute approximate surface area is 101 Å². The van der Waals surface area contributed by atoms with Gasteiger partial charge in [-0.1, -0.05) is 6.07 Å². The predicted molar refractivity (Wildman–Crippen MR) is 62.8 cm³/mol. The number of benzene rings is 1. The molecule has 1 unspecified atom stereocenters. The lowest BCUT2D eigenvalue weighted by Gasteiger charge is -2.11. The van der Waals surface area contributed by atoms with Crippen molar-refractivity contribution in [3.63, 3.8) is 0 Å².